The van der Waals surface area contributed by atoms with Crippen LogP contribution in [0.25, 0.3) is 0 Å². The van der Waals surface area contributed by atoms with Crippen molar-refractivity contribution in [2.45, 2.75) is 44.8 Å². The number of aliphatic hydroxyl groups is 1. The van der Waals surface area contributed by atoms with Crippen molar-refractivity contribution in [3.8, 4) is 5.75 Å². The Bertz CT molecular complexity index is 570. The third-order valence-corrected chi connectivity index (χ3v) is 3.84. The van der Waals surface area contributed by atoms with Gasteiger partial charge in [-0.25, -0.2) is 9.18 Å². The molecule has 6 heteroatoms. The molecule has 2 atom stereocenters. The summed E-state index contributed by atoms with van der Waals surface area (Å²) in [6.07, 6.45) is -0.647. The van der Waals surface area contributed by atoms with Gasteiger partial charge in [0.15, 0.2) is 11.6 Å². The van der Waals surface area contributed by atoms with Crippen molar-refractivity contribution in [1.82, 2.24) is 4.90 Å². The van der Waals surface area contributed by atoms with Crippen LogP contribution in [-0.2, 0) is 4.74 Å². The number of ether oxygens (including phenoxy) is 2. The Hall–Kier alpha value is -1.82. The molecular formula is C17H24FNO4. The van der Waals surface area contributed by atoms with Crippen LogP contribution in [-0.4, -0.2) is 48.0 Å². The van der Waals surface area contributed by atoms with E-state index in [0.717, 1.165) is 0 Å². The molecule has 1 aliphatic rings. The molecule has 1 aliphatic heterocycles. The van der Waals surface area contributed by atoms with Gasteiger partial charge in [0, 0.05) is 12.5 Å². The second-order valence-electron chi connectivity index (χ2n) is 6.78. The molecule has 0 bridgehead atoms. The lowest BCUT2D eigenvalue weighted by atomic mass is 9.87. The number of hydrogen-bond acceptors (Lipinski definition) is 4. The maximum atomic E-state index is 13.8. The lowest BCUT2D eigenvalue weighted by Gasteiger charge is -2.37. The minimum Gasteiger partial charge on any atom is -0.494 e. The third kappa shape index (κ3) is 4.34. The first-order valence-electron chi connectivity index (χ1n) is 7.70. The summed E-state index contributed by atoms with van der Waals surface area (Å²) in [7, 11) is 1.41. The molecule has 1 amide bonds. The monoisotopic (exact) mass is 325 g/mol. The van der Waals surface area contributed by atoms with Gasteiger partial charge in [-0.05, 0) is 44.9 Å². The third-order valence-electron chi connectivity index (χ3n) is 3.84. The molecule has 1 heterocycles. The highest BCUT2D eigenvalue weighted by Gasteiger charge is 2.33. The molecule has 1 saturated heterocycles. The Balaban J connectivity index is 2.04. The summed E-state index contributed by atoms with van der Waals surface area (Å²) >= 11 is 0. The van der Waals surface area contributed by atoms with Crippen LogP contribution in [0.5, 0.6) is 5.75 Å². The summed E-state index contributed by atoms with van der Waals surface area (Å²) in [6.45, 7) is 6.04. The molecular weight excluding hydrogens is 301 g/mol. The molecule has 0 radical (unpaired) electrons. The van der Waals surface area contributed by atoms with Crippen LogP contribution in [0.2, 0.25) is 0 Å². The van der Waals surface area contributed by atoms with E-state index in [9.17, 15) is 14.3 Å². The van der Waals surface area contributed by atoms with Crippen LogP contribution in [0.15, 0.2) is 18.2 Å². The summed E-state index contributed by atoms with van der Waals surface area (Å²) in [6, 6.07) is 4.69. The average Bonchev–Trinajstić information content (AvgIpc) is 2.45. The van der Waals surface area contributed by atoms with E-state index < -0.39 is 23.6 Å². The van der Waals surface area contributed by atoms with Crippen molar-refractivity contribution in [3.05, 3.63) is 29.6 Å². The zero-order valence-electron chi connectivity index (χ0n) is 14.0. The van der Waals surface area contributed by atoms with Gasteiger partial charge >= 0.3 is 6.09 Å². The van der Waals surface area contributed by atoms with Crippen molar-refractivity contribution in [1.29, 1.82) is 0 Å². The van der Waals surface area contributed by atoms with E-state index in [1.165, 1.54) is 18.1 Å². The van der Waals surface area contributed by atoms with Crippen molar-refractivity contribution < 1.29 is 23.8 Å². The predicted octanol–water partition coefficient (Wildman–Crippen LogP) is 2.92. The number of β-amino-alcohol motifs (C(OH)–C–C–N with tert-alkyl or cyclic N) is 1. The smallest absolute Gasteiger partial charge is 0.410 e. The van der Waals surface area contributed by atoms with Gasteiger partial charge in [-0.2, -0.15) is 0 Å². The lowest BCUT2D eigenvalue weighted by molar-refractivity contribution is -0.00155. The SMILES string of the molecule is COc1ccc([C@H]2CCN(C(=O)OC(C)(C)C)C[C@@H]2O)cc1F. The molecule has 5 nitrogen and oxygen atoms in total. The summed E-state index contributed by atoms with van der Waals surface area (Å²) < 4.78 is 24.0. The number of methoxy groups -OCH3 is 1. The van der Waals surface area contributed by atoms with Gasteiger partial charge < -0.3 is 19.5 Å². The Labute approximate surface area is 136 Å². The van der Waals surface area contributed by atoms with Gasteiger partial charge in [-0.3, -0.25) is 0 Å². The molecule has 1 N–H and O–H groups in total. The molecule has 0 saturated carbocycles. The standard InChI is InChI=1S/C17H24FNO4/c1-17(2,3)23-16(21)19-8-7-12(14(20)10-19)11-5-6-15(22-4)13(18)9-11/h5-6,9,12,14,20H,7-8,10H2,1-4H3/t12-,14+/m1/s1. The molecule has 1 aromatic rings. The Morgan fingerprint density at radius 3 is 2.61 bits per heavy atom. The zero-order valence-corrected chi connectivity index (χ0v) is 14.0. The molecule has 2 rings (SSSR count). The number of piperidine rings is 1. The van der Waals surface area contributed by atoms with Crippen LogP contribution < -0.4 is 4.74 Å². The number of carbonyl (C=O) groups excluding carboxylic acids is 1. The summed E-state index contributed by atoms with van der Waals surface area (Å²) in [4.78, 5) is 13.5. The number of nitrogens with zero attached hydrogens (tertiary/aromatic N) is 1. The van der Waals surface area contributed by atoms with Crippen LogP contribution in [0.3, 0.4) is 0 Å². The number of likely N-dealkylation sites (tertiary alicyclic amines) is 1. The predicted molar refractivity (Wildman–Crippen MR) is 84.1 cm³/mol. The van der Waals surface area contributed by atoms with Gasteiger partial charge in [0.2, 0.25) is 0 Å². The highest BCUT2D eigenvalue weighted by Crippen LogP contribution is 2.31. The number of aliphatic hydroxyl groups excluding tert-OH is 1. The number of hydrogen-bond donors (Lipinski definition) is 1. The number of benzene rings is 1. The molecule has 0 spiro atoms. The maximum Gasteiger partial charge on any atom is 0.410 e. The quantitative estimate of drug-likeness (QED) is 0.908. The Morgan fingerprint density at radius 1 is 1.39 bits per heavy atom. The minimum absolute atomic E-state index is 0.174. The van der Waals surface area contributed by atoms with Crippen LogP contribution in [0.4, 0.5) is 9.18 Å². The van der Waals surface area contributed by atoms with Gasteiger partial charge in [0.1, 0.15) is 5.60 Å². The van der Waals surface area contributed by atoms with Crippen LogP contribution >= 0.6 is 0 Å². The molecule has 1 aromatic carbocycles. The summed E-state index contributed by atoms with van der Waals surface area (Å²) in [5.41, 5.74) is 0.137. The Kier molecular flexibility index (Phi) is 5.14. The minimum atomic E-state index is -0.760. The fourth-order valence-corrected chi connectivity index (χ4v) is 2.73. The van der Waals surface area contributed by atoms with Crippen molar-refractivity contribution in [2.24, 2.45) is 0 Å². The van der Waals surface area contributed by atoms with Crippen LogP contribution in [0, 0.1) is 5.82 Å². The fraction of sp³-hybridized carbons (Fsp3) is 0.588. The molecule has 0 aromatic heterocycles. The average molecular weight is 325 g/mol. The van der Waals surface area contributed by atoms with E-state index in [1.54, 1.807) is 32.9 Å². The highest BCUT2D eigenvalue weighted by molar-refractivity contribution is 5.68. The van der Waals surface area contributed by atoms with E-state index in [2.05, 4.69) is 0 Å². The van der Waals surface area contributed by atoms with Crippen molar-refractivity contribution in [3.63, 3.8) is 0 Å². The van der Waals surface area contributed by atoms with Crippen LogP contribution in [0.1, 0.15) is 38.7 Å². The second-order valence-corrected chi connectivity index (χ2v) is 6.78. The molecule has 0 unspecified atom stereocenters. The fourth-order valence-electron chi connectivity index (χ4n) is 2.73. The molecule has 128 valence electrons. The second kappa shape index (κ2) is 6.74. The van der Waals surface area contributed by atoms with E-state index in [4.69, 9.17) is 9.47 Å². The first-order chi connectivity index (χ1) is 10.7. The molecule has 1 fully saturated rings. The topological polar surface area (TPSA) is 59.0 Å². The van der Waals surface area contributed by atoms with E-state index in [0.29, 0.717) is 18.5 Å². The number of carbonyl (C=O) groups is 1. The van der Waals surface area contributed by atoms with Crippen molar-refractivity contribution >= 4 is 6.09 Å². The zero-order chi connectivity index (χ0) is 17.2. The largest absolute Gasteiger partial charge is 0.494 e. The first-order valence-corrected chi connectivity index (χ1v) is 7.70. The van der Waals surface area contributed by atoms with E-state index in [1.807, 2.05) is 0 Å². The lowest BCUT2D eigenvalue weighted by Crippen LogP contribution is -2.47. The first kappa shape index (κ1) is 17.5. The number of amides is 1. The number of halogens is 1. The number of rotatable bonds is 2. The van der Waals surface area contributed by atoms with Gasteiger partial charge in [-0.1, -0.05) is 6.07 Å². The summed E-state index contributed by atoms with van der Waals surface area (Å²) in [5.74, 6) is -0.490. The Morgan fingerprint density at radius 2 is 2.09 bits per heavy atom. The van der Waals surface area contributed by atoms with Crippen molar-refractivity contribution in [2.75, 3.05) is 20.2 Å². The van der Waals surface area contributed by atoms with Gasteiger partial charge in [0.25, 0.3) is 0 Å². The van der Waals surface area contributed by atoms with E-state index >= 15 is 0 Å². The summed E-state index contributed by atoms with van der Waals surface area (Å²) in [5, 5.41) is 10.4. The van der Waals surface area contributed by atoms with Gasteiger partial charge in [-0.15, -0.1) is 0 Å². The maximum absolute atomic E-state index is 13.8. The highest BCUT2D eigenvalue weighted by atomic mass is 19.1. The van der Waals surface area contributed by atoms with E-state index in [-0.39, 0.29) is 18.2 Å². The molecule has 23 heavy (non-hydrogen) atoms. The normalized spacial score (nSPS) is 21.9. The van der Waals surface area contributed by atoms with Gasteiger partial charge in [0.05, 0.1) is 19.8 Å². The molecule has 0 aliphatic carbocycles.